The van der Waals surface area contributed by atoms with Crippen LogP contribution >= 0.6 is 7.82 Å². The van der Waals surface area contributed by atoms with Crippen LogP contribution in [0.15, 0.2) is 48.6 Å². The maximum absolute atomic E-state index is 12.6. The lowest BCUT2D eigenvalue weighted by Gasteiger charge is -2.20. The summed E-state index contributed by atoms with van der Waals surface area (Å²) in [5.41, 5.74) is 0. The molecule has 0 spiro atoms. The predicted molar refractivity (Wildman–Crippen MR) is 225 cm³/mol. The first-order valence-corrected chi connectivity index (χ1v) is 23.1. The molecule has 0 bridgehead atoms. The highest BCUT2D eigenvalue weighted by molar-refractivity contribution is 7.47. The third-order valence-electron chi connectivity index (χ3n) is 9.00. The molecule has 0 amide bonds. The first-order chi connectivity index (χ1) is 27.1. The summed E-state index contributed by atoms with van der Waals surface area (Å²) in [6, 6.07) is 0. The summed E-state index contributed by atoms with van der Waals surface area (Å²) < 4.78 is 32.6. The number of phosphoric ester groups is 1. The van der Waals surface area contributed by atoms with E-state index < -0.39 is 51.8 Å². The zero-order chi connectivity index (χ0) is 41.4. The number of ether oxygens (including phenoxy) is 2. The number of carbonyl (C=O) groups is 2. The molecule has 0 radical (unpaired) electrons. The summed E-state index contributed by atoms with van der Waals surface area (Å²) in [5, 5.41) is 27.6. The molecule has 4 atom stereocenters. The molecule has 0 heterocycles. The van der Waals surface area contributed by atoms with Crippen molar-refractivity contribution in [3.8, 4) is 0 Å². The molecule has 11 nitrogen and oxygen atoms in total. The molecule has 326 valence electrons. The Bertz CT molecular complexity index is 1090. The van der Waals surface area contributed by atoms with Gasteiger partial charge in [0.05, 0.1) is 25.9 Å². The molecular weight excluding hydrogens is 735 g/mol. The van der Waals surface area contributed by atoms with Gasteiger partial charge in [0.2, 0.25) is 0 Å². The summed E-state index contributed by atoms with van der Waals surface area (Å²) >= 11 is 0. The van der Waals surface area contributed by atoms with Crippen molar-refractivity contribution in [2.24, 2.45) is 0 Å². The van der Waals surface area contributed by atoms with Crippen LogP contribution in [0.1, 0.15) is 174 Å². The van der Waals surface area contributed by atoms with E-state index in [1.165, 1.54) is 70.6 Å². The molecule has 0 aromatic heterocycles. The Labute approximate surface area is 339 Å². The highest BCUT2D eigenvalue weighted by Gasteiger charge is 2.27. The van der Waals surface area contributed by atoms with Gasteiger partial charge in [-0.1, -0.05) is 145 Å². The van der Waals surface area contributed by atoms with Crippen LogP contribution in [0.2, 0.25) is 0 Å². The van der Waals surface area contributed by atoms with Crippen molar-refractivity contribution in [1.29, 1.82) is 0 Å². The molecular formula is C44H79O11P. The van der Waals surface area contributed by atoms with E-state index in [2.05, 4.69) is 47.9 Å². The number of carbonyl (C=O) groups excluding carboxylic acids is 2. The second-order valence-electron chi connectivity index (χ2n) is 14.7. The van der Waals surface area contributed by atoms with Crippen molar-refractivity contribution in [3.05, 3.63) is 48.6 Å². The van der Waals surface area contributed by atoms with Gasteiger partial charge in [-0.15, -0.1) is 0 Å². The van der Waals surface area contributed by atoms with Gasteiger partial charge in [-0.25, -0.2) is 4.57 Å². The number of allylic oxidation sites excluding steroid dienone is 8. The maximum atomic E-state index is 12.6. The monoisotopic (exact) mass is 815 g/mol. The minimum Gasteiger partial charge on any atom is -0.462 e. The fourth-order valence-electron chi connectivity index (χ4n) is 5.65. The Balaban J connectivity index is 4.38. The van der Waals surface area contributed by atoms with Crippen molar-refractivity contribution in [2.75, 3.05) is 26.4 Å². The molecule has 4 N–H and O–H groups in total. The number of rotatable bonds is 40. The van der Waals surface area contributed by atoms with Gasteiger partial charge in [-0.05, 0) is 64.7 Å². The highest BCUT2D eigenvalue weighted by atomic mass is 31.2. The standard InChI is InChI=1S/C44H79O11P/c1-3-4-5-6-7-8-9-10-12-17-20-23-26-29-32-35-44(49)55-42(39-54-56(50,51)53-37-41(47)36-45)38-52-43(48)34-31-28-25-22-19-16-14-11-13-15-18-21-24-27-30-33-40(2)46/h13-16,21-22,24-25,40-42,45-47H,3-12,17-20,23,26-39H2,1-2H3,(H,50,51)/b15-13-,16-14-,24-21-,25-22-/t40-,41+,42-/m1/s1. The largest absolute Gasteiger partial charge is 0.472 e. The van der Waals surface area contributed by atoms with Gasteiger partial charge in [0.15, 0.2) is 6.10 Å². The fraction of sp³-hybridized carbons (Fsp3) is 0.773. The van der Waals surface area contributed by atoms with E-state index in [-0.39, 0.29) is 25.6 Å². The number of aliphatic hydroxyl groups excluding tert-OH is 3. The third-order valence-corrected chi connectivity index (χ3v) is 9.96. The molecule has 0 aliphatic heterocycles. The van der Waals surface area contributed by atoms with Crippen LogP contribution in [0.5, 0.6) is 0 Å². The Morgan fingerprint density at radius 2 is 1.04 bits per heavy atom. The molecule has 0 aliphatic carbocycles. The minimum atomic E-state index is -4.63. The smallest absolute Gasteiger partial charge is 0.462 e. The molecule has 0 aromatic carbocycles. The number of esters is 2. The van der Waals surface area contributed by atoms with Gasteiger partial charge in [-0.2, -0.15) is 0 Å². The van der Waals surface area contributed by atoms with Crippen LogP contribution in [-0.2, 0) is 32.7 Å². The van der Waals surface area contributed by atoms with Gasteiger partial charge in [-0.3, -0.25) is 18.6 Å². The van der Waals surface area contributed by atoms with Crippen LogP contribution in [0.4, 0.5) is 0 Å². The maximum Gasteiger partial charge on any atom is 0.472 e. The van der Waals surface area contributed by atoms with Crippen molar-refractivity contribution in [2.45, 2.75) is 193 Å². The average Bonchev–Trinajstić information content (AvgIpc) is 3.17. The zero-order valence-electron chi connectivity index (χ0n) is 35.0. The van der Waals surface area contributed by atoms with Gasteiger partial charge in [0, 0.05) is 12.8 Å². The quantitative estimate of drug-likeness (QED) is 0.0201. The molecule has 0 aromatic rings. The third kappa shape index (κ3) is 40.1. The van der Waals surface area contributed by atoms with Crippen molar-refractivity contribution >= 4 is 19.8 Å². The first-order valence-electron chi connectivity index (χ1n) is 21.6. The molecule has 56 heavy (non-hydrogen) atoms. The number of unbranched alkanes of at least 4 members (excludes halogenated alkanes) is 16. The summed E-state index contributed by atoms with van der Waals surface area (Å²) in [5.74, 6) is -1.00. The first kappa shape index (κ1) is 53.9. The van der Waals surface area contributed by atoms with E-state index in [1.807, 2.05) is 19.1 Å². The highest BCUT2D eigenvalue weighted by Crippen LogP contribution is 2.43. The second kappa shape index (κ2) is 39.7. The minimum absolute atomic E-state index is 0.154. The lowest BCUT2D eigenvalue weighted by Crippen LogP contribution is -2.29. The van der Waals surface area contributed by atoms with E-state index in [1.54, 1.807) is 0 Å². The molecule has 0 fully saturated rings. The summed E-state index contributed by atoms with van der Waals surface area (Å²) in [6.45, 7) is 1.86. The number of aliphatic hydroxyl groups is 3. The Kier molecular flexibility index (Phi) is 38.2. The molecule has 12 heteroatoms. The normalized spacial score (nSPS) is 14.9. The summed E-state index contributed by atoms with van der Waals surface area (Å²) in [7, 11) is -4.63. The lowest BCUT2D eigenvalue weighted by atomic mass is 10.0. The number of phosphoric acid groups is 1. The molecule has 0 aliphatic rings. The zero-order valence-corrected chi connectivity index (χ0v) is 35.8. The van der Waals surface area contributed by atoms with E-state index in [0.717, 1.165) is 57.8 Å². The van der Waals surface area contributed by atoms with Crippen LogP contribution in [0, 0.1) is 0 Å². The SMILES string of the molecule is CCCCCCCCCCCCCCCCCC(=O)O[C@H](COC(=O)CCC/C=C\C/C=C\C/C=C\C/C=C\CCC[C@@H](C)O)COP(=O)(O)OC[C@@H](O)CO. The molecule has 0 saturated carbocycles. The van der Waals surface area contributed by atoms with E-state index in [4.69, 9.17) is 19.1 Å². The Hall–Kier alpha value is -2.11. The van der Waals surface area contributed by atoms with Gasteiger partial charge in [0.25, 0.3) is 0 Å². The van der Waals surface area contributed by atoms with E-state index >= 15 is 0 Å². The van der Waals surface area contributed by atoms with Gasteiger partial charge >= 0.3 is 19.8 Å². The average molecular weight is 815 g/mol. The van der Waals surface area contributed by atoms with Gasteiger partial charge < -0.3 is 29.7 Å². The predicted octanol–water partition coefficient (Wildman–Crippen LogP) is 10.3. The number of hydrogen-bond acceptors (Lipinski definition) is 10. The second-order valence-corrected chi connectivity index (χ2v) is 16.1. The fourth-order valence-corrected chi connectivity index (χ4v) is 6.44. The topological polar surface area (TPSA) is 169 Å². The van der Waals surface area contributed by atoms with Crippen LogP contribution in [0.3, 0.4) is 0 Å². The van der Waals surface area contributed by atoms with Crippen molar-refractivity contribution < 1.29 is 52.9 Å². The Morgan fingerprint density at radius 3 is 1.54 bits per heavy atom. The van der Waals surface area contributed by atoms with Crippen LogP contribution in [0.25, 0.3) is 0 Å². The number of hydrogen-bond donors (Lipinski definition) is 4. The summed E-state index contributed by atoms with van der Waals surface area (Å²) in [6.07, 6.45) is 39.3. The van der Waals surface area contributed by atoms with Crippen LogP contribution < -0.4 is 0 Å². The van der Waals surface area contributed by atoms with Gasteiger partial charge in [0.1, 0.15) is 12.7 Å². The molecule has 0 rings (SSSR count). The molecule has 0 saturated heterocycles. The molecule has 1 unspecified atom stereocenters. The lowest BCUT2D eigenvalue weighted by molar-refractivity contribution is -0.161. The van der Waals surface area contributed by atoms with Crippen LogP contribution in [-0.4, -0.2) is 76.9 Å². The summed E-state index contributed by atoms with van der Waals surface area (Å²) in [4.78, 5) is 34.9. The van der Waals surface area contributed by atoms with E-state index in [9.17, 15) is 29.3 Å². The Morgan fingerprint density at radius 1 is 0.589 bits per heavy atom. The van der Waals surface area contributed by atoms with E-state index in [0.29, 0.717) is 19.3 Å². The van der Waals surface area contributed by atoms with Crippen molar-refractivity contribution in [1.82, 2.24) is 0 Å². The van der Waals surface area contributed by atoms with Crippen molar-refractivity contribution in [3.63, 3.8) is 0 Å².